The van der Waals surface area contributed by atoms with E-state index in [1.807, 2.05) is 12.2 Å². The van der Waals surface area contributed by atoms with Gasteiger partial charge in [-0.25, -0.2) is 0 Å². The SMILES string of the molecule is N[C]1C=CC=CN1. The zero-order valence-electron chi connectivity index (χ0n) is 3.89. The van der Waals surface area contributed by atoms with Crippen LogP contribution in [0.15, 0.2) is 24.4 Å². The molecule has 1 radical (unpaired) electrons. The van der Waals surface area contributed by atoms with Gasteiger partial charge in [-0.2, -0.15) is 0 Å². The summed E-state index contributed by atoms with van der Waals surface area (Å²) in [7, 11) is 0. The molecule has 0 aromatic rings. The Morgan fingerprint density at radius 1 is 1.43 bits per heavy atom. The average Bonchev–Trinajstić information content (AvgIpc) is 1.69. The van der Waals surface area contributed by atoms with Gasteiger partial charge in [0.1, 0.15) is 6.17 Å². The molecule has 0 atom stereocenters. The van der Waals surface area contributed by atoms with Crippen molar-refractivity contribution in [3.8, 4) is 0 Å². The second-order valence-corrected chi connectivity index (χ2v) is 1.32. The molecule has 1 aliphatic heterocycles. The van der Waals surface area contributed by atoms with Crippen LogP contribution in [0.2, 0.25) is 0 Å². The van der Waals surface area contributed by atoms with Crippen molar-refractivity contribution < 1.29 is 0 Å². The first-order valence-corrected chi connectivity index (χ1v) is 2.12. The first kappa shape index (κ1) is 4.40. The third-order valence-electron chi connectivity index (χ3n) is 0.733. The monoisotopic (exact) mass is 95.1 g/mol. The number of nitrogens with two attached hydrogens (primary N) is 1. The summed E-state index contributed by atoms with van der Waals surface area (Å²) in [6, 6.07) is 0. The fourth-order valence-corrected chi connectivity index (χ4v) is 0.407. The molecule has 2 heteroatoms. The van der Waals surface area contributed by atoms with Gasteiger partial charge in [0.2, 0.25) is 0 Å². The highest BCUT2D eigenvalue weighted by Gasteiger charge is 1.92. The Kier molecular flexibility index (Phi) is 1.13. The van der Waals surface area contributed by atoms with Crippen molar-refractivity contribution in [2.45, 2.75) is 0 Å². The largest absolute Gasteiger partial charge is 0.367 e. The molecule has 0 saturated carbocycles. The number of hydrogen-bond donors (Lipinski definition) is 2. The van der Waals surface area contributed by atoms with Gasteiger partial charge in [0.25, 0.3) is 0 Å². The molecule has 3 N–H and O–H groups in total. The highest BCUT2D eigenvalue weighted by molar-refractivity contribution is 5.18. The van der Waals surface area contributed by atoms with Crippen LogP contribution >= 0.6 is 0 Å². The highest BCUT2D eigenvalue weighted by atomic mass is 15.0. The molecule has 7 heavy (non-hydrogen) atoms. The van der Waals surface area contributed by atoms with Crippen molar-refractivity contribution in [1.82, 2.24) is 5.32 Å². The zero-order chi connectivity index (χ0) is 5.11. The lowest BCUT2D eigenvalue weighted by Gasteiger charge is -2.05. The molecule has 0 amide bonds. The van der Waals surface area contributed by atoms with Crippen LogP contribution in [-0.4, -0.2) is 0 Å². The fraction of sp³-hybridized carbons (Fsp3) is 0. The summed E-state index contributed by atoms with van der Waals surface area (Å²) in [6.45, 7) is 0. The Balaban J connectivity index is 2.49. The lowest BCUT2D eigenvalue weighted by molar-refractivity contribution is 0.896. The van der Waals surface area contributed by atoms with Gasteiger partial charge < -0.3 is 11.1 Å². The molecule has 0 fully saturated rings. The maximum Gasteiger partial charge on any atom is 0.146 e. The van der Waals surface area contributed by atoms with E-state index in [2.05, 4.69) is 5.32 Å². The Hall–Kier alpha value is -0.760. The Morgan fingerprint density at radius 3 is 2.57 bits per heavy atom. The van der Waals surface area contributed by atoms with E-state index in [0.717, 1.165) is 0 Å². The van der Waals surface area contributed by atoms with Gasteiger partial charge in [-0.05, 0) is 18.4 Å². The quantitative estimate of drug-likeness (QED) is 0.448. The number of rotatable bonds is 0. The van der Waals surface area contributed by atoms with E-state index >= 15 is 0 Å². The number of allylic oxidation sites excluding steroid dienone is 2. The molecule has 1 heterocycles. The lowest BCUT2D eigenvalue weighted by Crippen LogP contribution is -2.22. The summed E-state index contributed by atoms with van der Waals surface area (Å²) < 4.78 is 0. The molecule has 0 saturated heterocycles. The second-order valence-electron chi connectivity index (χ2n) is 1.32. The number of dihydropyridines is 1. The molecular formula is C5H7N2. The van der Waals surface area contributed by atoms with Gasteiger partial charge >= 0.3 is 0 Å². The van der Waals surface area contributed by atoms with E-state index < -0.39 is 0 Å². The van der Waals surface area contributed by atoms with Gasteiger partial charge in [0.05, 0.1) is 0 Å². The molecule has 0 aromatic heterocycles. The predicted octanol–water partition coefficient (Wildman–Crippen LogP) is 0.108. The third kappa shape index (κ3) is 1.05. The van der Waals surface area contributed by atoms with E-state index in [9.17, 15) is 0 Å². The van der Waals surface area contributed by atoms with E-state index in [1.165, 1.54) is 0 Å². The van der Waals surface area contributed by atoms with Crippen LogP contribution in [0, 0.1) is 6.17 Å². The van der Waals surface area contributed by atoms with Crippen molar-refractivity contribution in [2.24, 2.45) is 5.73 Å². The molecule has 0 unspecified atom stereocenters. The average molecular weight is 95.1 g/mol. The molecule has 0 spiro atoms. The van der Waals surface area contributed by atoms with Crippen molar-refractivity contribution in [2.75, 3.05) is 0 Å². The normalized spacial score (nSPS) is 19.6. The van der Waals surface area contributed by atoms with Gasteiger partial charge in [-0.1, -0.05) is 6.08 Å². The van der Waals surface area contributed by atoms with Crippen molar-refractivity contribution in [3.05, 3.63) is 30.6 Å². The molecule has 0 aromatic carbocycles. The topological polar surface area (TPSA) is 38.0 Å². The summed E-state index contributed by atoms with van der Waals surface area (Å²) in [5.41, 5.74) is 5.30. The minimum atomic E-state index is 0.697. The van der Waals surface area contributed by atoms with Crippen molar-refractivity contribution in [3.63, 3.8) is 0 Å². The van der Waals surface area contributed by atoms with E-state index in [4.69, 9.17) is 5.73 Å². The first-order valence-electron chi connectivity index (χ1n) is 2.12. The standard InChI is InChI=1S/C5H7N2/c6-5-3-1-2-4-7-5/h1-4,7H,6H2. The van der Waals surface area contributed by atoms with Crippen LogP contribution in [-0.2, 0) is 0 Å². The van der Waals surface area contributed by atoms with Crippen LogP contribution in [0.5, 0.6) is 0 Å². The first-order chi connectivity index (χ1) is 3.39. The van der Waals surface area contributed by atoms with Gasteiger partial charge in [-0.3, -0.25) is 0 Å². The molecule has 2 nitrogen and oxygen atoms in total. The van der Waals surface area contributed by atoms with E-state index in [0.29, 0.717) is 6.17 Å². The minimum absolute atomic E-state index is 0.697. The van der Waals surface area contributed by atoms with E-state index in [1.54, 1.807) is 12.3 Å². The van der Waals surface area contributed by atoms with Crippen LogP contribution in [0.25, 0.3) is 0 Å². The predicted molar refractivity (Wildman–Crippen MR) is 28.8 cm³/mol. The second kappa shape index (κ2) is 1.80. The van der Waals surface area contributed by atoms with Crippen LogP contribution in [0.4, 0.5) is 0 Å². The molecule has 0 bridgehead atoms. The molecule has 1 aliphatic rings. The summed E-state index contributed by atoms with van der Waals surface area (Å²) in [5, 5.41) is 2.81. The van der Waals surface area contributed by atoms with Crippen LogP contribution in [0.1, 0.15) is 0 Å². The molecular weight excluding hydrogens is 88.1 g/mol. The summed E-state index contributed by atoms with van der Waals surface area (Å²) in [6.07, 6.45) is 8.06. The maximum absolute atomic E-state index is 5.30. The minimum Gasteiger partial charge on any atom is -0.367 e. The van der Waals surface area contributed by atoms with Crippen LogP contribution < -0.4 is 11.1 Å². The lowest BCUT2D eigenvalue weighted by atomic mass is 10.3. The van der Waals surface area contributed by atoms with Crippen LogP contribution in [0.3, 0.4) is 0 Å². The highest BCUT2D eigenvalue weighted by Crippen LogP contribution is 1.91. The smallest absolute Gasteiger partial charge is 0.146 e. The maximum atomic E-state index is 5.30. The summed E-state index contributed by atoms with van der Waals surface area (Å²) >= 11 is 0. The van der Waals surface area contributed by atoms with Gasteiger partial charge in [0, 0.05) is 0 Å². The van der Waals surface area contributed by atoms with Crippen molar-refractivity contribution in [1.29, 1.82) is 0 Å². The Bertz CT molecular complexity index is 105. The molecule has 0 aliphatic carbocycles. The zero-order valence-corrected chi connectivity index (χ0v) is 3.89. The number of nitrogens with one attached hydrogen (secondary N) is 1. The van der Waals surface area contributed by atoms with Crippen molar-refractivity contribution >= 4 is 0 Å². The van der Waals surface area contributed by atoms with Gasteiger partial charge in [0.15, 0.2) is 0 Å². The molecule has 37 valence electrons. The van der Waals surface area contributed by atoms with E-state index in [-0.39, 0.29) is 0 Å². The third-order valence-corrected chi connectivity index (χ3v) is 0.733. The summed E-state index contributed by atoms with van der Waals surface area (Å²) in [4.78, 5) is 0. The fourth-order valence-electron chi connectivity index (χ4n) is 0.407. The Morgan fingerprint density at radius 2 is 2.29 bits per heavy atom. The summed E-state index contributed by atoms with van der Waals surface area (Å²) in [5.74, 6) is 0. The molecule has 1 rings (SSSR count). The number of hydrogen-bond acceptors (Lipinski definition) is 2. The van der Waals surface area contributed by atoms with Gasteiger partial charge in [-0.15, -0.1) is 0 Å². The Labute approximate surface area is 42.7 Å².